The van der Waals surface area contributed by atoms with Crippen molar-refractivity contribution in [1.82, 2.24) is 15.1 Å². The molecule has 1 amide bonds. The predicted octanol–water partition coefficient (Wildman–Crippen LogP) is 3.03. The smallest absolute Gasteiger partial charge is 0.227 e. The van der Waals surface area contributed by atoms with E-state index in [2.05, 4.69) is 15.6 Å². The number of carbonyl (C=O) groups is 1. The number of hydrogen-bond donors (Lipinski definition) is 1. The normalized spacial score (nSPS) is 21.5. The second kappa shape index (κ2) is 8.23. The van der Waals surface area contributed by atoms with Crippen LogP contribution < -0.4 is 5.32 Å². The van der Waals surface area contributed by atoms with Gasteiger partial charge in [0.15, 0.2) is 0 Å². The van der Waals surface area contributed by atoms with E-state index >= 15 is 0 Å². The standard InChI is InChI=1S/C18H22ClN3OS.ClH/c19-14-1-2-17-16(10-14)13(12-24-17)9-18(23)22-6-3-15(11-22)21-7-4-20-5-8-21;/h1-2,10,12,15,20H,3-9,11H2;1H. The molecule has 136 valence electrons. The van der Waals surface area contributed by atoms with Gasteiger partial charge >= 0.3 is 0 Å². The zero-order valence-electron chi connectivity index (χ0n) is 14.0. The number of nitrogens with zero attached hydrogens (tertiary/aromatic N) is 2. The van der Waals surface area contributed by atoms with Gasteiger partial charge in [-0.1, -0.05) is 11.6 Å². The van der Waals surface area contributed by atoms with Gasteiger partial charge in [-0.3, -0.25) is 9.69 Å². The lowest BCUT2D eigenvalue weighted by atomic mass is 10.1. The Morgan fingerprint density at radius 1 is 1.28 bits per heavy atom. The van der Waals surface area contributed by atoms with E-state index in [4.69, 9.17) is 11.6 Å². The summed E-state index contributed by atoms with van der Waals surface area (Å²) in [6.07, 6.45) is 1.58. The molecule has 1 N–H and O–H groups in total. The van der Waals surface area contributed by atoms with Crippen LogP contribution in [0, 0.1) is 0 Å². The lowest BCUT2D eigenvalue weighted by molar-refractivity contribution is -0.129. The van der Waals surface area contributed by atoms with E-state index in [-0.39, 0.29) is 18.3 Å². The lowest BCUT2D eigenvalue weighted by Crippen LogP contribution is -2.49. The summed E-state index contributed by atoms with van der Waals surface area (Å²) in [5.41, 5.74) is 1.10. The highest BCUT2D eigenvalue weighted by Crippen LogP contribution is 2.29. The van der Waals surface area contributed by atoms with Crippen LogP contribution in [0.5, 0.6) is 0 Å². The second-order valence-electron chi connectivity index (χ2n) is 6.65. The summed E-state index contributed by atoms with van der Waals surface area (Å²) >= 11 is 7.80. The summed E-state index contributed by atoms with van der Waals surface area (Å²) in [6, 6.07) is 6.45. The maximum atomic E-state index is 12.7. The first-order valence-electron chi connectivity index (χ1n) is 8.59. The van der Waals surface area contributed by atoms with Crippen molar-refractivity contribution in [3.8, 4) is 0 Å². The average molecular weight is 400 g/mol. The molecule has 1 aromatic heterocycles. The second-order valence-corrected chi connectivity index (χ2v) is 7.99. The van der Waals surface area contributed by atoms with Crippen LogP contribution in [0.1, 0.15) is 12.0 Å². The number of halogens is 2. The zero-order valence-corrected chi connectivity index (χ0v) is 16.4. The quantitative estimate of drug-likeness (QED) is 0.861. The molecular weight excluding hydrogens is 377 g/mol. The molecule has 2 aliphatic rings. The number of rotatable bonds is 3. The van der Waals surface area contributed by atoms with Gasteiger partial charge < -0.3 is 10.2 Å². The van der Waals surface area contributed by atoms with E-state index in [1.807, 2.05) is 23.1 Å². The average Bonchev–Trinajstić information content (AvgIpc) is 3.23. The number of amides is 1. The fourth-order valence-corrected chi connectivity index (χ4v) is 4.89. The number of thiophene rings is 1. The largest absolute Gasteiger partial charge is 0.341 e. The van der Waals surface area contributed by atoms with Gasteiger partial charge in [-0.2, -0.15) is 0 Å². The molecule has 2 aliphatic heterocycles. The molecule has 0 saturated carbocycles. The summed E-state index contributed by atoms with van der Waals surface area (Å²) in [6.45, 7) is 6.08. The molecule has 0 spiro atoms. The summed E-state index contributed by atoms with van der Waals surface area (Å²) in [5, 5.41) is 7.35. The van der Waals surface area contributed by atoms with E-state index in [1.165, 1.54) is 4.70 Å². The fourth-order valence-electron chi connectivity index (χ4n) is 3.78. The van der Waals surface area contributed by atoms with E-state index in [0.717, 1.165) is 61.7 Å². The molecule has 4 nitrogen and oxygen atoms in total. The minimum Gasteiger partial charge on any atom is -0.341 e. The molecule has 2 fully saturated rings. The van der Waals surface area contributed by atoms with Gasteiger partial charge in [0.1, 0.15) is 0 Å². The maximum absolute atomic E-state index is 12.7. The fraction of sp³-hybridized carbons (Fsp3) is 0.500. The molecule has 4 rings (SSSR count). The number of benzene rings is 1. The van der Waals surface area contributed by atoms with Crippen LogP contribution in [0.15, 0.2) is 23.6 Å². The van der Waals surface area contributed by atoms with Crippen LogP contribution in [0.4, 0.5) is 0 Å². The van der Waals surface area contributed by atoms with Gasteiger partial charge in [0.2, 0.25) is 5.91 Å². The molecule has 7 heteroatoms. The Hall–Kier alpha value is -0.850. The molecule has 2 aromatic rings. The highest BCUT2D eigenvalue weighted by atomic mass is 35.5. The van der Waals surface area contributed by atoms with Crippen molar-refractivity contribution in [2.45, 2.75) is 18.9 Å². The van der Waals surface area contributed by atoms with Crippen LogP contribution in [-0.4, -0.2) is 61.0 Å². The van der Waals surface area contributed by atoms with Gasteiger partial charge in [-0.15, -0.1) is 23.7 Å². The zero-order chi connectivity index (χ0) is 16.5. The molecule has 3 heterocycles. The van der Waals surface area contributed by atoms with E-state index in [0.29, 0.717) is 12.5 Å². The predicted molar refractivity (Wildman–Crippen MR) is 107 cm³/mol. The summed E-state index contributed by atoms with van der Waals surface area (Å²) in [4.78, 5) is 17.3. The van der Waals surface area contributed by atoms with Crippen LogP contribution in [0.25, 0.3) is 10.1 Å². The molecule has 25 heavy (non-hydrogen) atoms. The monoisotopic (exact) mass is 399 g/mol. The third kappa shape index (κ3) is 4.12. The van der Waals surface area contributed by atoms with E-state index < -0.39 is 0 Å². The lowest BCUT2D eigenvalue weighted by Gasteiger charge is -2.32. The molecule has 0 bridgehead atoms. The highest BCUT2D eigenvalue weighted by molar-refractivity contribution is 7.17. The molecule has 1 aromatic carbocycles. The van der Waals surface area contributed by atoms with Gasteiger partial charge in [0, 0.05) is 55.0 Å². The molecule has 0 aliphatic carbocycles. The number of carbonyl (C=O) groups excluding carboxylic acids is 1. The summed E-state index contributed by atoms with van der Waals surface area (Å²) in [7, 11) is 0. The molecule has 0 radical (unpaired) electrons. The molecule has 1 atom stereocenters. The topological polar surface area (TPSA) is 35.6 Å². The number of likely N-dealkylation sites (tertiary alicyclic amines) is 1. The first-order chi connectivity index (χ1) is 11.7. The number of nitrogens with one attached hydrogen (secondary N) is 1. The van der Waals surface area contributed by atoms with Gasteiger partial charge in [0.05, 0.1) is 6.42 Å². The molecule has 2 saturated heterocycles. The third-order valence-electron chi connectivity index (χ3n) is 5.14. The van der Waals surface area contributed by atoms with Crippen molar-refractivity contribution < 1.29 is 4.79 Å². The van der Waals surface area contributed by atoms with Crippen molar-refractivity contribution in [3.05, 3.63) is 34.2 Å². The van der Waals surface area contributed by atoms with E-state index in [1.54, 1.807) is 11.3 Å². The van der Waals surface area contributed by atoms with Crippen molar-refractivity contribution >= 4 is 51.3 Å². The first-order valence-corrected chi connectivity index (χ1v) is 9.84. The minimum atomic E-state index is 0. The third-order valence-corrected chi connectivity index (χ3v) is 6.39. The van der Waals surface area contributed by atoms with Gasteiger partial charge in [-0.05, 0) is 40.9 Å². The summed E-state index contributed by atoms with van der Waals surface area (Å²) < 4.78 is 1.20. The SMILES string of the molecule is Cl.O=C(Cc1csc2ccc(Cl)cc12)N1CCC(N2CCNCC2)C1. The number of piperazine rings is 1. The van der Waals surface area contributed by atoms with Crippen LogP contribution in [0.3, 0.4) is 0 Å². The first kappa shape index (κ1) is 18.9. The number of hydrogen-bond acceptors (Lipinski definition) is 4. The number of fused-ring (bicyclic) bond motifs is 1. The maximum Gasteiger partial charge on any atom is 0.227 e. The Bertz CT molecular complexity index is 745. The van der Waals surface area contributed by atoms with Crippen molar-refractivity contribution in [3.63, 3.8) is 0 Å². The van der Waals surface area contributed by atoms with Crippen LogP contribution in [0.2, 0.25) is 5.02 Å². The Morgan fingerprint density at radius 3 is 2.88 bits per heavy atom. The molecule has 1 unspecified atom stereocenters. The van der Waals surface area contributed by atoms with Crippen molar-refractivity contribution in [2.75, 3.05) is 39.3 Å². The Morgan fingerprint density at radius 2 is 2.08 bits per heavy atom. The van der Waals surface area contributed by atoms with E-state index in [9.17, 15) is 4.79 Å². The van der Waals surface area contributed by atoms with Crippen LogP contribution in [-0.2, 0) is 11.2 Å². The van der Waals surface area contributed by atoms with Crippen molar-refractivity contribution in [2.24, 2.45) is 0 Å². The highest BCUT2D eigenvalue weighted by Gasteiger charge is 2.31. The van der Waals surface area contributed by atoms with Gasteiger partial charge in [0.25, 0.3) is 0 Å². The minimum absolute atomic E-state index is 0. The van der Waals surface area contributed by atoms with Crippen LogP contribution >= 0.6 is 35.3 Å². The van der Waals surface area contributed by atoms with Crippen molar-refractivity contribution in [1.29, 1.82) is 0 Å². The summed E-state index contributed by atoms with van der Waals surface area (Å²) in [5.74, 6) is 0.243. The molecular formula is C18H23Cl2N3OS. The Labute approximate surface area is 163 Å². The van der Waals surface area contributed by atoms with Gasteiger partial charge in [-0.25, -0.2) is 0 Å². The Balaban J connectivity index is 0.00000182. The Kier molecular flexibility index (Phi) is 6.23.